The summed E-state index contributed by atoms with van der Waals surface area (Å²) in [6.07, 6.45) is 4.01. The molecule has 1 heterocycles. The van der Waals surface area contributed by atoms with Gasteiger partial charge in [0.2, 0.25) is 0 Å². The van der Waals surface area contributed by atoms with E-state index in [9.17, 15) is 0 Å². The maximum atomic E-state index is 5.85. The lowest BCUT2D eigenvalue weighted by atomic mass is 10.2. The average Bonchev–Trinajstić information content (AvgIpc) is 2.35. The van der Waals surface area contributed by atoms with E-state index in [2.05, 4.69) is 30.7 Å². The molecule has 1 aliphatic rings. The number of likely N-dealkylation sites (N-methyl/N-ethyl adjacent to an activating group) is 1. The third-order valence-corrected chi connectivity index (χ3v) is 3.66. The van der Waals surface area contributed by atoms with E-state index in [0.29, 0.717) is 12.1 Å². The van der Waals surface area contributed by atoms with Gasteiger partial charge in [-0.3, -0.25) is 4.90 Å². The Balaban J connectivity index is 2.16. The van der Waals surface area contributed by atoms with E-state index in [4.69, 9.17) is 10.5 Å². The van der Waals surface area contributed by atoms with Gasteiger partial charge in [0, 0.05) is 25.7 Å². The van der Waals surface area contributed by atoms with E-state index in [-0.39, 0.29) is 0 Å². The lowest BCUT2D eigenvalue weighted by molar-refractivity contribution is -0.0496. The van der Waals surface area contributed by atoms with Crippen molar-refractivity contribution >= 4 is 0 Å². The number of hydrogen-bond donors (Lipinski definition) is 1. The summed E-state index contributed by atoms with van der Waals surface area (Å²) in [6.45, 7) is 10.6. The smallest absolute Gasteiger partial charge is 0.0829 e. The van der Waals surface area contributed by atoms with Crippen LogP contribution in [-0.2, 0) is 4.74 Å². The first-order valence-electron chi connectivity index (χ1n) is 7.37. The topological polar surface area (TPSA) is 41.7 Å². The number of morpholine rings is 1. The van der Waals surface area contributed by atoms with Gasteiger partial charge in [-0.05, 0) is 46.8 Å². The van der Waals surface area contributed by atoms with E-state index in [1.807, 2.05) is 0 Å². The van der Waals surface area contributed by atoms with Crippen LogP contribution in [0.5, 0.6) is 0 Å². The number of nitrogens with zero attached hydrogens (tertiary/aromatic N) is 2. The quantitative estimate of drug-likeness (QED) is 0.663. The molecule has 0 radical (unpaired) electrons. The summed E-state index contributed by atoms with van der Waals surface area (Å²) in [5.41, 5.74) is 5.50. The molecule has 0 saturated carbocycles. The van der Waals surface area contributed by atoms with Gasteiger partial charge in [-0.1, -0.05) is 6.42 Å². The Kier molecular flexibility index (Phi) is 7.82. The van der Waals surface area contributed by atoms with Crippen LogP contribution in [0.25, 0.3) is 0 Å². The van der Waals surface area contributed by atoms with Gasteiger partial charge in [0.15, 0.2) is 0 Å². The van der Waals surface area contributed by atoms with Gasteiger partial charge in [-0.15, -0.1) is 0 Å². The number of hydrogen-bond acceptors (Lipinski definition) is 4. The minimum absolute atomic E-state index is 0.376. The number of rotatable bonds is 8. The predicted octanol–water partition coefficient (Wildman–Crippen LogP) is 1.16. The highest BCUT2D eigenvalue weighted by molar-refractivity contribution is 4.76. The molecule has 108 valence electrons. The summed E-state index contributed by atoms with van der Waals surface area (Å²) < 4.78 is 5.85. The molecule has 2 N–H and O–H groups in total. The summed E-state index contributed by atoms with van der Waals surface area (Å²) in [5, 5.41) is 0. The molecule has 0 spiro atoms. The Labute approximate surface area is 112 Å². The molecule has 1 rings (SSSR count). The standard InChI is InChI=1S/C14H31N3O/c1-13(2)17-9-10-18-14(12-17)11-16(3)8-6-4-5-7-15/h13-14H,4-12,15H2,1-3H3. The van der Waals surface area contributed by atoms with Crippen molar-refractivity contribution < 1.29 is 4.74 Å². The van der Waals surface area contributed by atoms with Crippen LogP contribution in [0.1, 0.15) is 33.1 Å². The number of ether oxygens (including phenoxy) is 1. The zero-order chi connectivity index (χ0) is 13.4. The van der Waals surface area contributed by atoms with Crippen LogP contribution >= 0.6 is 0 Å². The second kappa shape index (κ2) is 8.86. The highest BCUT2D eigenvalue weighted by atomic mass is 16.5. The van der Waals surface area contributed by atoms with Crippen LogP contribution < -0.4 is 5.73 Å². The first-order chi connectivity index (χ1) is 8.63. The fraction of sp³-hybridized carbons (Fsp3) is 1.00. The van der Waals surface area contributed by atoms with Crippen molar-refractivity contribution in [2.24, 2.45) is 5.73 Å². The molecule has 1 aliphatic heterocycles. The first kappa shape index (κ1) is 15.9. The highest BCUT2D eigenvalue weighted by Crippen LogP contribution is 2.10. The van der Waals surface area contributed by atoms with Crippen LogP contribution in [0.3, 0.4) is 0 Å². The molecule has 0 aromatic heterocycles. The van der Waals surface area contributed by atoms with Crippen LogP contribution in [-0.4, -0.2) is 68.3 Å². The third-order valence-electron chi connectivity index (χ3n) is 3.66. The molecule has 0 amide bonds. The first-order valence-corrected chi connectivity index (χ1v) is 7.37. The molecular formula is C14H31N3O. The molecular weight excluding hydrogens is 226 g/mol. The fourth-order valence-corrected chi connectivity index (χ4v) is 2.46. The number of nitrogens with two attached hydrogens (primary N) is 1. The van der Waals surface area contributed by atoms with Crippen molar-refractivity contribution in [1.82, 2.24) is 9.80 Å². The van der Waals surface area contributed by atoms with Gasteiger partial charge in [-0.2, -0.15) is 0 Å². The van der Waals surface area contributed by atoms with E-state index in [1.165, 1.54) is 12.8 Å². The zero-order valence-electron chi connectivity index (χ0n) is 12.4. The minimum Gasteiger partial charge on any atom is -0.374 e. The highest BCUT2D eigenvalue weighted by Gasteiger charge is 2.22. The molecule has 1 saturated heterocycles. The van der Waals surface area contributed by atoms with Crippen LogP contribution in [0, 0.1) is 0 Å². The molecule has 1 atom stereocenters. The molecule has 1 fully saturated rings. The number of unbranched alkanes of at least 4 members (excludes halogenated alkanes) is 2. The second-order valence-electron chi connectivity index (χ2n) is 5.69. The van der Waals surface area contributed by atoms with Crippen molar-refractivity contribution in [1.29, 1.82) is 0 Å². The Morgan fingerprint density at radius 3 is 2.78 bits per heavy atom. The Hall–Kier alpha value is -0.160. The van der Waals surface area contributed by atoms with Crippen LogP contribution in [0.15, 0.2) is 0 Å². The molecule has 1 unspecified atom stereocenters. The maximum absolute atomic E-state index is 5.85. The summed E-state index contributed by atoms with van der Waals surface area (Å²) in [4.78, 5) is 4.90. The summed E-state index contributed by atoms with van der Waals surface area (Å²) >= 11 is 0. The van der Waals surface area contributed by atoms with E-state index in [1.54, 1.807) is 0 Å². The average molecular weight is 257 g/mol. The van der Waals surface area contributed by atoms with Gasteiger partial charge < -0.3 is 15.4 Å². The zero-order valence-corrected chi connectivity index (χ0v) is 12.4. The third kappa shape index (κ3) is 6.14. The molecule has 18 heavy (non-hydrogen) atoms. The van der Waals surface area contributed by atoms with Gasteiger partial charge in [0.1, 0.15) is 0 Å². The van der Waals surface area contributed by atoms with Crippen LogP contribution in [0.4, 0.5) is 0 Å². The van der Waals surface area contributed by atoms with Gasteiger partial charge in [0.25, 0.3) is 0 Å². The van der Waals surface area contributed by atoms with Gasteiger partial charge in [0.05, 0.1) is 12.7 Å². The molecule has 4 heteroatoms. The lowest BCUT2D eigenvalue weighted by Gasteiger charge is -2.37. The van der Waals surface area contributed by atoms with Gasteiger partial charge in [-0.25, -0.2) is 0 Å². The Bertz CT molecular complexity index is 211. The molecule has 4 nitrogen and oxygen atoms in total. The largest absolute Gasteiger partial charge is 0.374 e. The summed E-state index contributed by atoms with van der Waals surface area (Å²) in [7, 11) is 2.19. The van der Waals surface area contributed by atoms with E-state index < -0.39 is 0 Å². The monoisotopic (exact) mass is 257 g/mol. The molecule has 0 aromatic rings. The van der Waals surface area contributed by atoms with Crippen molar-refractivity contribution in [2.45, 2.75) is 45.3 Å². The molecule has 0 aromatic carbocycles. The Morgan fingerprint density at radius 1 is 1.33 bits per heavy atom. The predicted molar refractivity (Wildman–Crippen MR) is 76.9 cm³/mol. The lowest BCUT2D eigenvalue weighted by Crippen LogP contribution is -2.49. The normalized spacial score (nSPS) is 22.0. The van der Waals surface area contributed by atoms with E-state index in [0.717, 1.165) is 45.8 Å². The minimum atomic E-state index is 0.376. The van der Waals surface area contributed by atoms with Crippen molar-refractivity contribution in [3.05, 3.63) is 0 Å². The van der Waals surface area contributed by atoms with Gasteiger partial charge >= 0.3 is 0 Å². The van der Waals surface area contributed by atoms with E-state index >= 15 is 0 Å². The van der Waals surface area contributed by atoms with Crippen molar-refractivity contribution in [2.75, 3.05) is 46.4 Å². The fourth-order valence-electron chi connectivity index (χ4n) is 2.46. The summed E-state index contributed by atoms with van der Waals surface area (Å²) in [5.74, 6) is 0. The van der Waals surface area contributed by atoms with Crippen molar-refractivity contribution in [3.63, 3.8) is 0 Å². The summed E-state index contributed by atoms with van der Waals surface area (Å²) in [6, 6.07) is 0.631. The molecule has 0 aliphatic carbocycles. The second-order valence-corrected chi connectivity index (χ2v) is 5.69. The SMILES string of the molecule is CC(C)N1CCOC(CN(C)CCCCCN)C1. The Morgan fingerprint density at radius 2 is 2.11 bits per heavy atom. The van der Waals surface area contributed by atoms with Crippen molar-refractivity contribution in [3.8, 4) is 0 Å². The maximum Gasteiger partial charge on any atom is 0.0829 e. The van der Waals surface area contributed by atoms with Crippen LogP contribution in [0.2, 0.25) is 0 Å². The molecule has 0 bridgehead atoms.